The van der Waals surface area contributed by atoms with Gasteiger partial charge in [-0.1, -0.05) is 67.3 Å². The second-order valence-electron chi connectivity index (χ2n) is 7.49. The van der Waals surface area contributed by atoms with Gasteiger partial charge < -0.3 is 15.2 Å². The Morgan fingerprint density at radius 3 is 2.31 bits per heavy atom. The smallest absolute Gasteiger partial charge is 0.407 e. The van der Waals surface area contributed by atoms with Gasteiger partial charge in [0.15, 0.2) is 5.78 Å². The number of hydrogen-bond acceptors (Lipinski definition) is 4. The number of ketones is 1. The van der Waals surface area contributed by atoms with Crippen LogP contribution in [0.2, 0.25) is 0 Å². The van der Waals surface area contributed by atoms with Gasteiger partial charge in [0.1, 0.15) is 12.4 Å². The van der Waals surface area contributed by atoms with Crippen molar-refractivity contribution in [2.24, 2.45) is 0 Å². The minimum absolute atomic E-state index is 0.00533. The number of ether oxygens (including phenoxy) is 1. The quantitative estimate of drug-likeness (QED) is 0.452. The van der Waals surface area contributed by atoms with E-state index >= 15 is 0 Å². The zero-order valence-electron chi connectivity index (χ0n) is 17.7. The summed E-state index contributed by atoms with van der Waals surface area (Å²) in [5.74, 6) is 5.53. The summed E-state index contributed by atoms with van der Waals surface area (Å²) in [7, 11) is 0. The van der Waals surface area contributed by atoms with Gasteiger partial charge in [-0.3, -0.25) is 4.79 Å². The average Bonchev–Trinajstić information content (AvgIpc) is 3.14. The topological polar surface area (TPSA) is 75.6 Å². The number of amides is 1. The predicted octanol–water partition coefficient (Wildman–Crippen LogP) is 4.88. The molecule has 0 fully saturated rings. The molecule has 5 nitrogen and oxygen atoms in total. The zero-order chi connectivity index (χ0) is 22.5. The first-order valence-corrected chi connectivity index (χ1v) is 10.5. The van der Waals surface area contributed by atoms with Crippen LogP contribution in [0.4, 0.5) is 4.79 Å². The Hall–Kier alpha value is -4.04. The number of aromatic hydroxyl groups is 1. The van der Waals surface area contributed by atoms with Gasteiger partial charge in [-0.2, -0.15) is 0 Å². The monoisotopic (exact) mass is 425 g/mol. The Balaban J connectivity index is 1.34. The summed E-state index contributed by atoms with van der Waals surface area (Å²) in [5, 5.41) is 12.4. The first-order chi connectivity index (χ1) is 15.6. The van der Waals surface area contributed by atoms with Crippen molar-refractivity contribution in [1.29, 1.82) is 0 Å². The first-order valence-electron chi connectivity index (χ1n) is 10.5. The lowest BCUT2D eigenvalue weighted by Crippen LogP contribution is -2.26. The van der Waals surface area contributed by atoms with Crippen molar-refractivity contribution < 1.29 is 19.4 Å². The number of benzene rings is 3. The van der Waals surface area contributed by atoms with Gasteiger partial charge in [0.05, 0.1) is 12.1 Å². The molecule has 0 heterocycles. The molecular weight excluding hydrogens is 402 g/mol. The van der Waals surface area contributed by atoms with Crippen molar-refractivity contribution in [2.75, 3.05) is 13.2 Å². The van der Waals surface area contributed by atoms with E-state index < -0.39 is 6.09 Å². The molecular formula is C27H23NO4. The molecule has 32 heavy (non-hydrogen) atoms. The molecule has 0 aliphatic heterocycles. The number of nitrogens with one attached hydrogen (secondary N) is 1. The Kier molecular flexibility index (Phi) is 6.23. The Morgan fingerprint density at radius 1 is 1.00 bits per heavy atom. The largest absolute Gasteiger partial charge is 0.507 e. The average molecular weight is 425 g/mol. The van der Waals surface area contributed by atoms with Gasteiger partial charge in [0.2, 0.25) is 0 Å². The summed E-state index contributed by atoms with van der Waals surface area (Å²) in [6.07, 6.45) is -0.234. The van der Waals surface area contributed by atoms with E-state index in [9.17, 15) is 14.7 Å². The molecule has 0 spiro atoms. The van der Waals surface area contributed by atoms with Crippen LogP contribution in [0, 0.1) is 11.8 Å². The van der Waals surface area contributed by atoms with Crippen LogP contribution in [0.25, 0.3) is 11.1 Å². The maximum atomic E-state index is 12.2. The van der Waals surface area contributed by atoms with Gasteiger partial charge in [-0.05, 0) is 40.5 Å². The number of rotatable bonds is 5. The van der Waals surface area contributed by atoms with Crippen molar-refractivity contribution in [1.82, 2.24) is 5.32 Å². The Labute approximate surface area is 187 Å². The number of phenolic OH excluding ortho intramolecular Hbond substituents is 1. The lowest BCUT2D eigenvalue weighted by atomic mass is 9.98. The molecule has 4 rings (SSSR count). The predicted molar refractivity (Wildman–Crippen MR) is 123 cm³/mol. The van der Waals surface area contributed by atoms with E-state index in [0.29, 0.717) is 12.0 Å². The lowest BCUT2D eigenvalue weighted by molar-refractivity contribution is 0.0985. The summed E-state index contributed by atoms with van der Waals surface area (Å²) in [6, 6.07) is 21.0. The molecule has 160 valence electrons. The number of alkyl carbamates (subject to hydrolysis) is 1. The van der Waals surface area contributed by atoms with E-state index in [1.165, 1.54) is 17.2 Å². The number of fused-ring (bicyclic) bond motifs is 3. The van der Waals surface area contributed by atoms with Gasteiger partial charge in [-0.25, -0.2) is 4.79 Å². The molecule has 1 aliphatic carbocycles. The van der Waals surface area contributed by atoms with Crippen molar-refractivity contribution in [3.8, 4) is 28.7 Å². The van der Waals surface area contributed by atoms with E-state index in [-0.39, 0.29) is 36.2 Å². The van der Waals surface area contributed by atoms with Crippen LogP contribution < -0.4 is 5.32 Å². The number of phenols is 1. The third-order valence-corrected chi connectivity index (χ3v) is 5.52. The molecule has 0 radical (unpaired) electrons. The molecule has 0 atom stereocenters. The van der Waals surface area contributed by atoms with Gasteiger partial charge in [0, 0.05) is 17.9 Å². The molecule has 0 unspecified atom stereocenters. The molecule has 0 saturated heterocycles. The fourth-order valence-corrected chi connectivity index (χ4v) is 3.94. The van der Waals surface area contributed by atoms with E-state index in [1.54, 1.807) is 19.1 Å². The molecule has 3 aromatic carbocycles. The molecule has 1 amide bonds. The standard InChI is InChI=1S/C27H23NO4/c1-2-25(29)23-16-18(13-14-26(23)30)8-7-15-28-27(31)32-17-24-21-11-5-3-9-19(21)20-10-4-6-12-22(20)24/h3-6,9-14,16,24,30H,2,15,17H2,1H3,(H,28,31). The van der Waals surface area contributed by atoms with Crippen LogP contribution in [0.5, 0.6) is 5.75 Å². The van der Waals surface area contributed by atoms with E-state index in [1.807, 2.05) is 24.3 Å². The highest BCUT2D eigenvalue weighted by atomic mass is 16.5. The summed E-state index contributed by atoms with van der Waals surface area (Å²) in [5.41, 5.74) is 5.52. The third kappa shape index (κ3) is 4.35. The highest BCUT2D eigenvalue weighted by molar-refractivity contribution is 5.98. The van der Waals surface area contributed by atoms with Crippen LogP contribution in [0.15, 0.2) is 66.7 Å². The summed E-state index contributed by atoms with van der Waals surface area (Å²) >= 11 is 0. The minimum Gasteiger partial charge on any atom is -0.507 e. The van der Waals surface area contributed by atoms with Crippen molar-refractivity contribution in [3.05, 3.63) is 89.0 Å². The second kappa shape index (κ2) is 9.40. The van der Waals surface area contributed by atoms with Crippen LogP contribution >= 0.6 is 0 Å². The normalized spacial score (nSPS) is 11.7. The van der Waals surface area contributed by atoms with Gasteiger partial charge in [-0.15, -0.1) is 0 Å². The fourth-order valence-electron chi connectivity index (χ4n) is 3.94. The summed E-state index contributed by atoms with van der Waals surface area (Å²) in [6.45, 7) is 2.08. The van der Waals surface area contributed by atoms with E-state index in [0.717, 1.165) is 11.1 Å². The zero-order valence-corrected chi connectivity index (χ0v) is 17.7. The molecule has 0 bridgehead atoms. The highest BCUT2D eigenvalue weighted by Gasteiger charge is 2.28. The summed E-state index contributed by atoms with van der Waals surface area (Å²) < 4.78 is 5.48. The molecule has 1 aliphatic rings. The van der Waals surface area contributed by atoms with Crippen LogP contribution in [-0.2, 0) is 4.74 Å². The molecule has 2 N–H and O–H groups in total. The number of Topliss-reactive ketones (excluding diaryl/α,β-unsaturated/α-hetero) is 1. The van der Waals surface area contributed by atoms with E-state index in [2.05, 4.69) is 41.4 Å². The number of carbonyl (C=O) groups excluding carboxylic acids is 2. The minimum atomic E-state index is -0.534. The first kappa shape index (κ1) is 21.2. The van der Waals surface area contributed by atoms with Crippen molar-refractivity contribution in [2.45, 2.75) is 19.3 Å². The van der Waals surface area contributed by atoms with E-state index in [4.69, 9.17) is 4.74 Å². The fraction of sp³-hybridized carbons (Fsp3) is 0.185. The highest BCUT2D eigenvalue weighted by Crippen LogP contribution is 2.44. The van der Waals surface area contributed by atoms with Crippen molar-refractivity contribution >= 4 is 11.9 Å². The number of hydrogen-bond donors (Lipinski definition) is 2. The number of carbonyl (C=O) groups is 2. The van der Waals surface area contributed by atoms with Crippen LogP contribution in [0.1, 0.15) is 46.3 Å². The lowest BCUT2D eigenvalue weighted by Gasteiger charge is -2.14. The Bertz CT molecular complexity index is 1190. The SMILES string of the molecule is CCC(=O)c1cc(C#CCNC(=O)OCC2c3ccccc3-c3ccccc32)ccc1O. The summed E-state index contributed by atoms with van der Waals surface area (Å²) in [4.78, 5) is 24.0. The van der Waals surface area contributed by atoms with Crippen LogP contribution in [0.3, 0.4) is 0 Å². The molecule has 0 aromatic heterocycles. The maximum absolute atomic E-state index is 12.2. The molecule has 3 aromatic rings. The third-order valence-electron chi connectivity index (χ3n) is 5.52. The second-order valence-corrected chi connectivity index (χ2v) is 7.49. The maximum Gasteiger partial charge on any atom is 0.407 e. The van der Waals surface area contributed by atoms with Crippen molar-refractivity contribution in [3.63, 3.8) is 0 Å². The Morgan fingerprint density at radius 2 is 1.66 bits per heavy atom. The van der Waals surface area contributed by atoms with Gasteiger partial charge >= 0.3 is 6.09 Å². The van der Waals surface area contributed by atoms with Gasteiger partial charge in [0.25, 0.3) is 0 Å². The molecule has 5 heteroatoms. The molecule has 0 saturated carbocycles. The van der Waals surface area contributed by atoms with Crippen LogP contribution in [-0.4, -0.2) is 30.1 Å².